The van der Waals surface area contributed by atoms with Gasteiger partial charge < -0.3 is 10.1 Å². The van der Waals surface area contributed by atoms with Gasteiger partial charge in [0.15, 0.2) is 0 Å². The Morgan fingerprint density at radius 3 is 2.72 bits per heavy atom. The predicted octanol–water partition coefficient (Wildman–Crippen LogP) is 2.78. The van der Waals surface area contributed by atoms with Gasteiger partial charge in [0.05, 0.1) is 10.7 Å². The zero-order valence-electron chi connectivity index (χ0n) is 9.65. The van der Waals surface area contributed by atoms with E-state index in [9.17, 15) is 4.39 Å². The van der Waals surface area contributed by atoms with Crippen LogP contribution >= 0.6 is 11.6 Å². The molecule has 1 aromatic heterocycles. The molecule has 0 spiro atoms. The lowest BCUT2D eigenvalue weighted by Crippen LogP contribution is -2.07. The lowest BCUT2D eigenvalue weighted by Gasteiger charge is -2.05. The van der Waals surface area contributed by atoms with Crippen LogP contribution in [0.1, 0.15) is 5.69 Å². The minimum absolute atomic E-state index is 0.00672. The van der Waals surface area contributed by atoms with Crippen LogP contribution in [-0.2, 0) is 6.54 Å². The minimum atomic E-state index is -0.487. The molecule has 6 heteroatoms. The first kappa shape index (κ1) is 12.7. The van der Waals surface area contributed by atoms with Gasteiger partial charge in [0.2, 0.25) is 5.88 Å². The van der Waals surface area contributed by atoms with Crippen LogP contribution in [-0.4, -0.2) is 17.2 Å². The third kappa shape index (κ3) is 3.15. The fourth-order valence-corrected chi connectivity index (χ4v) is 1.51. The number of ether oxygens (including phenoxy) is 1. The molecule has 0 aliphatic heterocycles. The van der Waals surface area contributed by atoms with Crippen LogP contribution in [0.3, 0.4) is 0 Å². The number of hydrogen-bond acceptors (Lipinski definition) is 4. The second-order valence-electron chi connectivity index (χ2n) is 3.57. The molecule has 1 aromatic carbocycles. The number of nitrogens with one attached hydrogen (secondary N) is 1. The molecule has 0 atom stereocenters. The Balaban J connectivity index is 2.10. The maximum absolute atomic E-state index is 13.0. The summed E-state index contributed by atoms with van der Waals surface area (Å²) in [6.45, 7) is 0.635. The van der Waals surface area contributed by atoms with E-state index in [0.29, 0.717) is 18.2 Å². The maximum Gasteiger partial charge on any atom is 0.238 e. The van der Waals surface area contributed by atoms with Gasteiger partial charge in [-0.05, 0) is 25.2 Å². The number of hydrogen-bond donors (Lipinski definition) is 1. The topological polar surface area (TPSA) is 47.0 Å². The predicted molar refractivity (Wildman–Crippen MR) is 66.3 cm³/mol. The van der Waals surface area contributed by atoms with E-state index in [1.165, 1.54) is 18.2 Å². The molecule has 18 heavy (non-hydrogen) atoms. The van der Waals surface area contributed by atoms with E-state index in [-0.39, 0.29) is 5.02 Å². The first-order valence-electron chi connectivity index (χ1n) is 5.29. The molecule has 0 saturated carbocycles. The lowest BCUT2D eigenvalue weighted by atomic mass is 10.3. The molecule has 94 valence electrons. The quantitative estimate of drug-likeness (QED) is 0.925. The number of rotatable bonds is 4. The summed E-state index contributed by atoms with van der Waals surface area (Å²) in [5.74, 6) is 0.258. The van der Waals surface area contributed by atoms with Crippen LogP contribution in [0.5, 0.6) is 11.6 Å². The Labute approximate surface area is 109 Å². The molecule has 0 saturated heterocycles. The van der Waals surface area contributed by atoms with Gasteiger partial charge in [-0.1, -0.05) is 11.6 Å². The van der Waals surface area contributed by atoms with Crippen molar-refractivity contribution < 1.29 is 9.13 Å². The van der Waals surface area contributed by atoms with E-state index >= 15 is 0 Å². The molecule has 0 aliphatic rings. The van der Waals surface area contributed by atoms with Crippen LogP contribution in [0.25, 0.3) is 0 Å². The van der Waals surface area contributed by atoms with Crippen LogP contribution in [0.4, 0.5) is 4.39 Å². The van der Waals surface area contributed by atoms with Crippen molar-refractivity contribution in [1.29, 1.82) is 0 Å². The first-order valence-corrected chi connectivity index (χ1v) is 5.67. The van der Waals surface area contributed by atoms with Gasteiger partial charge in [-0.2, -0.15) is 5.10 Å². The fourth-order valence-electron chi connectivity index (χ4n) is 1.34. The highest BCUT2D eigenvalue weighted by molar-refractivity contribution is 6.30. The molecular weight excluding hydrogens is 257 g/mol. The number of nitrogens with zero attached hydrogens (tertiary/aromatic N) is 2. The number of halogens is 2. The van der Waals surface area contributed by atoms with E-state index in [1.54, 1.807) is 12.1 Å². The summed E-state index contributed by atoms with van der Waals surface area (Å²) in [5, 5.41) is 10.8. The zero-order chi connectivity index (χ0) is 13.0. The molecule has 0 radical (unpaired) electrons. The molecular formula is C12H11ClFN3O. The molecule has 2 aromatic rings. The molecule has 0 bridgehead atoms. The van der Waals surface area contributed by atoms with Gasteiger partial charge in [-0.15, -0.1) is 5.10 Å². The van der Waals surface area contributed by atoms with Crippen LogP contribution in [0.2, 0.25) is 5.02 Å². The highest BCUT2D eigenvalue weighted by Gasteiger charge is 2.04. The highest BCUT2D eigenvalue weighted by atomic mass is 35.5. The van der Waals surface area contributed by atoms with E-state index in [1.807, 2.05) is 7.05 Å². The highest BCUT2D eigenvalue weighted by Crippen LogP contribution is 2.24. The number of benzene rings is 1. The second-order valence-corrected chi connectivity index (χ2v) is 3.98. The summed E-state index contributed by atoms with van der Waals surface area (Å²) in [6.07, 6.45) is 0. The Kier molecular flexibility index (Phi) is 4.07. The van der Waals surface area contributed by atoms with E-state index in [4.69, 9.17) is 16.3 Å². The smallest absolute Gasteiger partial charge is 0.238 e. The largest absolute Gasteiger partial charge is 0.437 e. The summed E-state index contributed by atoms with van der Waals surface area (Å²) in [5.41, 5.74) is 0.807. The maximum atomic E-state index is 13.0. The van der Waals surface area contributed by atoms with Crippen molar-refractivity contribution in [1.82, 2.24) is 15.5 Å². The first-order chi connectivity index (χ1) is 8.69. The van der Waals surface area contributed by atoms with E-state index in [2.05, 4.69) is 15.5 Å². The number of aromatic nitrogens is 2. The third-order valence-electron chi connectivity index (χ3n) is 2.17. The van der Waals surface area contributed by atoms with Crippen molar-refractivity contribution in [2.45, 2.75) is 6.54 Å². The summed E-state index contributed by atoms with van der Waals surface area (Å²) in [4.78, 5) is 0. The standard InChI is InChI=1S/C12H11ClFN3O/c1-15-7-8-2-5-12(17-16-8)18-9-3-4-11(14)10(13)6-9/h2-6,15H,7H2,1H3. The average molecular weight is 268 g/mol. The molecule has 1 N–H and O–H groups in total. The average Bonchev–Trinajstić information content (AvgIpc) is 2.37. The van der Waals surface area contributed by atoms with Crippen LogP contribution in [0, 0.1) is 5.82 Å². The van der Waals surface area contributed by atoms with Crippen molar-refractivity contribution in [2.24, 2.45) is 0 Å². The zero-order valence-corrected chi connectivity index (χ0v) is 10.4. The minimum Gasteiger partial charge on any atom is -0.437 e. The van der Waals surface area contributed by atoms with E-state index < -0.39 is 5.82 Å². The molecule has 4 nitrogen and oxygen atoms in total. The molecule has 0 aliphatic carbocycles. The van der Waals surface area contributed by atoms with Crippen molar-refractivity contribution in [3.05, 3.63) is 46.9 Å². The van der Waals surface area contributed by atoms with Crippen molar-refractivity contribution >= 4 is 11.6 Å². The molecule has 0 amide bonds. The Morgan fingerprint density at radius 1 is 1.28 bits per heavy atom. The SMILES string of the molecule is CNCc1ccc(Oc2ccc(F)c(Cl)c2)nn1. The van der Waals surface area contributed by atoms with Crippen LogP contribution in [0.15, 0.2) is 30.3 Å². The van der Waals surface area contributed by atoms with Gasteiger partial charge in [0.25, 0.3) is 0 Å². The van der Waals surface area contributed by atoms with Gasteiger partial charge in [0.1, 0.15) is 11.6 Å². The Morgan fingerprint density at radius 2 is 2.11 bits per heavy atom. The molecule has 2 rings (SSSR count). The monoisotopic (exact) mass is 267 g/mol. The molecule has 0 fully saturated rings. The fraction of sp³-hybridized carbons (Fsp3) is 0.167. The summed E-state index contributed by atoms with van der Waals surface area (Å²) < 4.78 is 18.4. The van der Waals surface area contributed by atoms with Crippen molar-refractivity contribution in [2.75, 3.05) is 7.05 Å². The Bertz CT molecular complexity index is 533. The summed E-state index contributed by atoms with van der Waals surface area (Å²) in [6, 6.07) is 7.59. The van der Waals surface area contributed by atoms with Crippen molar-refractivity contribution in [3.8, 4) is 11.6 Å². The van der Waals surface area contributed by atoms with Gasteiger partial charge in [-0.25, -0.2) is 4.39 Å². The Hall–Kier alpha value is -1.72. The molecule has 1 heterocycles. The van der Waals surface area contributed by atoms with Gasteiger partial charge in [-0.3, -0.25) is 0 Å². The van der Waals surface area contributed by atoms with Gasteiger partial charge in [0, 0.05) is 18.7 Å². The summed E-state index contributed by atoms with van der Waals surface area (Å²) >= 11 is 5.65. The third-order valence-corrected chi connectivity index (χ3v) is 2.46. The van der Waals surface area contributed by atoms with E-state index in [0.717, 1.165) is 5.69 Å². The lowest BCUT2D eigenvalue weighted by molar-refractivity contribution is 0.452. The van der Waals surface area contributed by atoms with Crippen LogP contribution < -0.4 is 10.1 Å². The van der Waals surface area contributed by atoms with Crippen molar-refractivity contribution in [3.63, 3.8) is 0 Å². The van der Waals surface area contributed by atoms with Gasteiger partial charge >= 0.3 is 0 Å². The summed E-state index contributed by atoms with van der Waals surface area (Å²) in [7, 11) is 1.83. The molecule has 0 unspecified atom stereocenters. The normalized spacial score (nSPS) is 10.4. The second kappa shape index (κ2) is 5.75.